The highest BCUT2D eigenvalue weighted by molar-refractivity contribution is 6.43. The Labute approximate surface area is 254 Å². The lowest BCUT2D eigenvalue weighted by Crippen LogP contribution is -2.74. The number of halogens is 3. The molecule has 41 heavy (non-hydrogen) atoms. The van der Waals surface area contributed by atoms with E-state index in [0.29, 0.717) is 45.9 Å². The Morgan fingerprint density at radius 1 is 1.02 bits per heavy atom. The molecule has 2 saturated heterocycles. The van der Waals surface area contributed by atoms with Crippen molar-refractivity contribution in [2.75, 3.05) is 19.6 Å². The van der Waals surface area contributed by atoms with Crippen LogP contribution >= 0.6 is 34.8 Å². The van der Waals surface area contributed by atoms with Gasteiger partial charge < -0.3 is 14.4 Å². The summed E-state index contributed by atoms with van der Waals surface area (Å²) < 4.78 is 13.4. The number of carbonyl (C=O) groups is 2. The number of para-hydroxylation sites is 1. The van der Waals surface area contributed by atoms with Gasteiger partial charge in [0.15, 0.2) is 0 Å². The lowest BCUT2D eigenvalue weighted by molar-refractivity contribution is -0.166. The molecule has 3 aromatic rings. The Morgan fingerprint density at radius 2 is 1.71 bits per heavy atom. The number of hydrogen-bond donors (Lipinski definition) is 0. The maximum Gasteiger partial charge on any atom is 0.410 e. The molecule has 2 unspecified atom stereocenters. The molecule has 0 bridgehead atoms. The lowest BCUT2D eigenvalue weighted by atomic mass is 9.86. The van der Waals surface area contributed by atoms with E-state index in [9.17, 15) is 9.59 Å². The Balaban J connectivity index is 1.30. The van der Waals surface area contributed by atoms with Crippen LogP contribution in [0.1, 0.15) is 52.1 Å². The molecule has 2 fully saturated rings. The van der Waals surface area contributed by atoms with Crippen molar-refractivity contribution in [2.45, 2.75) is 63.7 Å². The maximum absolute atomic E-state index is 14.1. The second-order valence-electron chi connectivity index (χ2n) is 11.6. The molecule has 0 spiro atoms. The van der Waals surface area contributed by atoms with E-state index in [-0.39, 0.29) is 31.0 Å². The van der Waals surface area contributed by atoms with Gasteiger partial charge in [-0.25, -0.2) is 9.48 Å². The van der Waals surface area contributed by atoms with Crippen molar-refractivity contribution < 1.29 is 19.1 Å². The number of likely N-dealkylation sites (tertiary alicyclic amines) is 2. The smallest absolute Gasteiger partial charge is 0.410 e. The first-order valence-corrected chi connectivity index (χ1v) is 14.6. The van der Waals surface area contributed by atoms with E-state index in [1.54, 1.807) is 16.8 Å². The molecule has 2 amide bonds. The van der Waals surface area contributed by atoms with Gasteiger partial charge >= 0.3 is 6.09 Å². The molecule has 3 heterocycles. The molecule has 2 aliphatic heterocycles. The van der Waals surface area contributed by atoms with E-state index in [4.69, 9.17) is 44.3 Å². The van der Waals surface area contributed by atoms with Crippen molar-refractivity contribution in [3.05, 3.63) is 69.4 Å². The Hall–Kier alpha value is -3.01. The molecular formula is C29H32Cl3N5O4. The number of amides is 2. The number of carbonyl (C=O) groups excluding carboxylic acids is 2. The summed E-state index contributed by atoms with van der Waals surface area (Å²) in [5, 5.41) is 9.80. The number of aromatic nitrogens is 3. The number of piperidine rings is 1. The SMILES string of the molecule is CC1CC(c2cn(-c3cc(Cl)c(Cl)cc3Cl)nn2)CCN1C(=O)C1(Oc2ccccc2)CN(C(=O)OC(C)(C)C)C1. The van der Waals surface area contributed by atoms with E-state index in [1.807, 2.05) is 69.1 Å². The molecule has 1 aromatic heterocycles. The van der Waals surface area contributed by atoms with Gasteiger partial charge in [0.1, 0.15) is 11.4 Å². The Bertz CT molecular complexity index is 1440. The maximum atomic E-state index is 14.1. The topological polar surface area (TPSA) is 89.8 Å². The van der Waals surface area contributed by atoms with Gasteiger partial charge in [-0.15, -0.1) is 5.10 Å². The molecule has 0 radical (unpaired) electrons. The minimum absolute atomic E-state index is 0.0909. The van der Waals surface area contributed by atoms with Crippen LogP contribution in [0.2, 0.25) is 15.1 Å². The zero-order chi connectivity index (χ0) is 29.5. The van der Waals surface area contributed by atoms with Crippen molar-refractivity contribution in [1.29, 1.82) is 0 Å². The highest BCUT2D eigenvalue weighted by atomic mass is 35.5. The average Bonchev–Trinajstić information content (AvgIpc) is 3.37. The Kier molecular flexibility index (Phi) is 8.16. The summed E-state index contributed by atoms with van der Waals surface area (Å²) in [7, 11) is 0. The molecule has 0 saturated carbocycles. The molecule has 2 aromatic carbocycles. The van der Waals surface area contributed by atoms with Crippen LogP contribution in [-0.2, 0) is 9.53 Å². The second-order valence-corrected chi connectivity index (χ2v) is 12.8. The third kappa shape index (κ3) is 6.27. The predicted octanol–water partition coefficient (Wildman–Crippen LogP) is 6.39. The van der Waals surface area contributed by atoms with Crippen LogP contribution in [0.3, 0.4) is 0 Å². The fourth-order valence-electron chi connectivity index (χ4n) is 5.26. The third-order valence-electron chi connectivity index (χ3n) is 7.29. The van der Waals surface area contributed by atoms with Gasteiger partial charge in [0, 0.05) is 18.5 Å². The molecule has 0 N–H and O–H groups in total. The average molecular weight is 621 g/mol. The fraction of sp³-hybridized carbons (Fsp3) is 0.448. The van der Waals surface area contributed by atoms with Crippen LogP contribution < -0.4 is 4.74 Å². The van der Waals surface area contributed by atoms with E-state index in [2.05, 4.69) is 10.3 Å². The molecule has 2 aliphatic rings. The van der Waals surface area contributed by atoms with Crippen LogP contribution in [0.5, 0.6) is 5.75 Å². The van der Waals surface area contributed by atoms with Gasteiger partial charge in [0.2, 0.25) is 5.60 Å². The third-order valence-corrected chi connectivity index (χ3v) is 8.32. The number of benzene rings is 2. The first-order chi connectivity index (χ1) is 19.3. The van der Waals surface area contributed by atoms with E-state index in [1.165, 1.54) is 4.90 Å². The second kappa shape index (κ2) is 11.3. The van der Waals surface area contributed by atoms with Crippen LogP contribution in [-0.4, -0.2) is 73.7 Å². The summed E-state index contributed by atoms with van der Waals surface area (Å²) in [5.41, 5.74) is -0.433. The number of rotatable bonds is 5. The van der Waals surface area contributed by atoms with E-state index in [0.717, 1.165) is 5.69 Å². The van der Waals surface area contributed by atoms with Gasteiger partial charge in [-0.2, -0.15) is 0 Å². The summed E-state index contributed by atoms with van der Waals surface area (Å²) in [6.07, 6.45) is 2.76. The summed E-state index contributed by atoms with van der Waals surface area (Å²) >= 11 is 18.6. The largest absolute Gasteiger partial charge is 0.474 e. The first-order valence-electron chi connectivity index (χ1n) is 13.5. The van der Waals surface area contributed by atoms with Crippen LogP contribution in [0.15, 0.2) is 48.7 Å². The Morgan fingerprint density at radius 3 is 2.37 bits per heavy atom. The predicted molar refractivity (Wildman–Crippen MR) is 157 cm³/mol. The van der Waals surface area contributed by atoms with Crippen LogP contribution in [0.25, 0.3) is 5.69 Å². The molecule has 9 nitrogen and oxygen atoms in total. The van der Waals surface area contributed by atoms with Crippen molar-refractivity contribution in [1.82, 2.24) is 24.8 Å². The number of ether oxygens (including phenoxy) is 2. The summed E-state index contributed by atoms with van der Waals surface area (Å²) in [5.74, 6) is 0.526. The number of hydrogen-bond acceptors (Lipinski definition) is 6. The van der Waals surface area contributed by atoms with Gasteiger partial charge in [-0.1, -0.05) is 58.2 Å². The lowest BCUT2D eigenvalue weighted by Gasteiger charge is -2.51. The van der Waals surface area contributed by atoms with Crippen molar-refractivity contribution >= 4 is 46.8 Å². The minimum atomic E-state index is -1.19. The number of nitrogens with zero attached hydrogens (tertiary/aromatic N) is 5. The highest BCUT2D eigenvalue weighted by Crippen LogP contribution is 2.37. The molecule has 5 rings (SSSR count). The molecule has 2 atom stereocenters. The molecular weight excluding hydrogens is 589 g/mol. The van der Waals surface area contributed by atoms with Gasteiger partial charge in [0.25, 0.3) is 5.91 Å². The summed E-state index contributed by atoms with van der Waals surface area (Å²) in [6, 6.07) is 12.3. The zero-order valence-electron chi connectivity index (χ0n) is 23.3. The standard InChI is InChI=1S/C29H32Cl3N5O4/c1-18-12-19(24-15-37(34-33-24)25-14-22(31)21(30)13-23(25)32)10-11-36(18)26(38)29(40-20-8-6-5-7-9-20)16-35(17-29)27(39)41-28(2,3)4/h5-9,13-15,18-19H,10-12,16-17H2,1-4H3. The van der Waals surface area contributed by atoms with Gasteiger partial charge in [-0.05, 0) is 64.8 Å². The molecule has 218 valence electrons. The minimum Gasteiger partial charge on any atom is -0.474 e. The summed E-state index contributed by atoms with van der Waals surface area (Å²) in [6.45, 7) is 8.19. The summed E-state index contributed by atoms with van der Waals surface area (Å²) in [4.78, 5) is 30.1. The van der Waals surface area contributed by atoms with Crippen molar-refractivity contribution in [3.8, 4) is 11.4 Å². The van der Waals surface area contributed by atoms with Gasteiger partial charge in [-0.3, -0.25) is 9.69 Å². The van der Waals surface area contributed by atoms with E-state index >= 15 is 0 Å². The van der Waals surface area contributed by atoms with Crippen molar-refractivity contribution in [3.63, 3.8) is 0 Å². The van der Waals surface area contributed by atoms with Crippen molar-refractivity contribution in [2.24, 2.45) is 0 Å². The zero-order valence-corrected chi connectivity index (χ0v) is 25.6. The monoisotopic (exact) mass is 619 g/mol. The van der Waals surface area contributed by atoms with Gasteiger partial charge in [0.05, 0.1) is 45.7 Å². The quantitative estimate of drug-likeness (QED) is 0.307. The van der Waals surface area contributed by atoms with Crippen LogP contribution in [0, 0.1) is 0 Å². The molecule has 0 aliphatic carbocycles. The van der Waals surface area contributed by atoms with E-state index < -0.39 is 17.3 Å². The van der Waals surface area contributed by atoms with Crippen LogP contribution in [0.4, 0.5) is 4.79 Å². The fourth-order valence-corrected chi connectivity index (χ4v) is 5.88. The normalized spacial score (nSPS) is 20.4. The molecule has 12 heteroatoms. The first kappa shape index (κ1) is 29.5. The highest BCUT2D eigenvalue weighted by Gasteiger charge is 2.57.